The third-order valence-electron chi connectivity index (χ3n) is 2.55. The van der Waals surface area contributed by atoms with E-state index in [1.165, 1.54) is 5.56 Å². The molecule has 0 aliphatic rings. The molecular weight excluding hydrogens is 294 g/mol. The van der Waals surface area contributed by atoms with Gasteiger partial charge < -0.3 is 15.2 Å². The summed E-state index contributed by atoms with van der Waals surface area (Å²) in [5.41, 5.74) is 7.01. The second-order valence-corrected chi connectivity index (χ2v) is 5.35. The Bertz CT molecular complexity index is 356. The van der Waals surface area contributed by atoms with Crippen LogP contribution in [0.15, 0.2) is 22.7 Å². The zero-order chi connectivity index (χ0) is 13.4. The number of nitrogens with two attached hydrogens (primary N) is 1. The molecule has 0 fully saturated rings. The molecule has 1 atom stereocenters. The highest BCUT2D eigenvalue weighted by Crippen LogP contribution is 2.26. The summed E-state index contributed by atoms with van der Waals surface area (Å²) in [4.78, 5) is 0. The van der Waals surface area contributed by atoms with Crippen molar-refractivity contribution in [3.63, 3.8) is 0 Å². The molecule has 102 valence electrons. The second-order valence-electron chi connectivity index (χ2n) is 4.49. The Morgan fingerprint density at radius 3 is 2.61 bits per heavy atom. The van der Waals surface area contributed by atoms with Crippen LogP contribution < -0.4 is 10.5 Å². The normalized spacial score (nSPS) is 12.4. The average molecular weight is 316 g/mol. The molecule has 0 aliphatic carbocycles. The van der Waals surface area contributed by atoms with Crippen LogP contribution in [0, 0.1) is 0 Å². The molecule has 0 aliphatic heterocycles. The van der Waals surface area contributed by atoms with Crippen LogP contribution in [0.25, 0.3) is 0 Å². The molecule has 0 amide bonds. The Hall–Kier alpha value is -0.580. The van der Waals surface area contributed by atoms with Gasteiger partial charge in [-0.15, -0.1) is 0 Å². The Morgan fingerprint density at radius 1 is 1.28 bits per heavy atom. The van der Waals surface area contributed by atoms with E-state index in [1.54, 1.807) is 7.11 Å². The Kier molecular flexibility index (Phi) is 7.32. The zero-order valence-corrected chi connectivity index (χ0v) is 12.7. The fourth-order valence-electron chi connectivity index (χ4n) is 1.69. The molecule has 3 nitrogen and oxygen atoms in total. The Labute approximate surface area is 118 Å². The van der Waals surface area contributed by atoms with Crippen molar-refractivity contribution in [2.45, 2.75) is 32.2 Å². The molecule has 1 aromatic rings. The van der Waals surface area contributed by atoms with Gasteiger partial charge >= 0.3 is 0 Å². The van der Waals surface area contributed by atoms with Crippen LogP contribution in [0.1, 0.15) is 25.3 Å². The first-order valence-electron chi connectivity index (χ1n) is 6.29. The van der Waals surface area contributed by atoms with Gasteiger partial charge in [-0.3, -0.25) is 0 Å². The molecule has 0 spiro atoms. The van der Waals surface area contributed by atoms with Crippen molar-refractivity contribution in [1.82, 2.24) is 0 Å². The molecular formula is C14H22BrNO2. The third-order valence-corrected chi connectivity index (χ3v) is 3.17. The second kappa shape index (κ2) is 8.51. The van der Waals surface area contributed by atoms with E-state index in [9.17, 15) is 0 Å². The molecule has 0 saturated heterocycles. The van der Waals surface area contributed by atoms with Gasteiger partial charge in [0.25, 0.3) is 0 Å². The van der Waals surface area contributed by atoms with Crippen LogP contribution in [0.3, 0.4) is 0 Å². The fourth-order valence-corrected chi connectivity index (χ4v) is 2.23. The summed E-state index contributed by atoms with van der Waals surface area (Å²) in [7, 11) is 1.72. The van der Waals surface area contributed by atoms with E-state index in [2.05, 4.69) is 28.1 Å². The minimum atomic E-state index is 0.178. The molecule has 0 heterocycles. The molecule has 2 N–H and O–H groups in total. The van der Waals surface area contributed by atoms with Crippen molar-refractivity contribution in [1.29, 1.82) is 0 Å². The lowest BCUT2D eigenvalue weighted by Gasteiger charge is -2.11. The molecule has 1 unspecified atom stereocenters. The fraction of sp³-hybridized carbons (Fsp3) is 0.571. The van der Waals surface area contributed by atoms with Crippen molar-refractivity contribution in [3.05, 3.63) is 28.2 Å². The standard InChI is InChI=1S/C14H22BrNO2/c1-11(16)9-12-5-6-14(13(15)10-12)18-8-4-3-7-17-2/h5-6,10-11H,3-4,7-9,16H2,1-2H3. The summed E-state index contributed by atoms with van der Waals surface area (Å²) in [5, 5.41) is 0. The first-order valence-corrected chi connectivity index (χ1v) is 7.08. The van der Waals surface area contributed by atoms with Crippen molar-refractivity contribution in [2.24, 2.45) is 5.73 Å². The maximum absolute atomic E-state index is 5.78. The monoisotopic (exact) mass is 315 g/mol. The predicted molar refractivity (Wildman–Crippen MR) is 78.1 cm³/mol. The number of halogens is 1. The maximum Gasteiger partial charge on any atom is 0.133 e. The van der Waals surface area contributed by atoms with Gasteiger partial charge in [-0.1, -0.05) is 6.07 Å². The molecule has 18 heavy (non-hydrogen) atoms. The lowest BCUT2D eigenvalue weighted by Crippen LogP contribution is -2.17. The van der Waals surface area contributed by atoms with E-state index in [1.807, 2.05) is 13.0 Å². The van der Waals surface area contributed by atoms with Gasteiger partial charge in [-0.25, -0.2) is 0 Å². The Balaban J connectivity index is 2.42. The van der Waals surface area contributed by atoms with Crippen LogP contribution in [0.2, 0.25) is 0 Å². The van der Waals surface area contributed by atoms with E-state index in [-0.39, 0.29) is 6.04 Å². The summed E-state index contributed by atoms with van der Waals surface area (Å²) in [6, 6.07) is 6.32. The van der Waals surface area contributed by atoms with Crippen LogP contribution in [-0.4, -0.2) is 26.4 Å². The third kappa shape index (κ3) is 5.85. The molecule has 0 radical (unpaired) electrons. The van der Waals surface area contributed by atoms with E-state index in [4.69, 9.17) is 15.2 Å². The maximum atomic E-state index is 5.78. The first kappa shape index (κ1) is 15.5. The topological polar surface area (TPSA) is 44.5 Å². The van der Waals surface area contributed by atoms with Crippen molar-refractivity contribution < 1.29 is 9.47 Å². The lowest BCUT2D eigenvalue weighted by molar-refractivity contribution is 0.184. The van der Waals surface area contributed by atoms with Gasteiger partial charge in [0.2, 0.25) is 0 Å². The highest BCUT2D eigenvalue weighted by Gasteiger charge is 2.04. The summed E-state index contributed by atoms with van der Waals surface area (Å²) < 4.78 is 11.7. The quantitative estimate of drug-likeness (QED) is 0.749. The SMILES string of the molecule is COCCCCOc1ccc(CC(C)N)cc1Br. The van der Waals surface area contributed by atoms with Crippen LogP contribution in [0.5, 0.6) is 5.75 Å². The van der Waals surface area contributed by atoms with Gasteiger partial charge in [-0.05, 0) is 59.8 Å². The summed E-state index contributed by atoms with van der Waals surface area (Å²) in [5.74, 6) is 0.890. The van der Waals surface area contributed by atoms with Crippen LogP contribution in [0.4, 0.5) is 0 Å². The smallest absolute Gasteiger partial charge is 0.133 e. The summed E-state index contributed by atoms with van der Waals surface area (Å²) >= 11 is 3.53. The minimum Gasteiger partial charge on any atom is -0.492 e. The van der Waals surface area contributed by atoms with E-state index < -0.39 is 0 Å². The van der Waals surface area contributed by atoms with Crippen molar-refractivity contribution in [3.8, 4) is 5.75 Å². The predicted octanol–water partition coefficient (Wildman–Crippen LogP) is 3.14. The first-order chi connectivity index (χ1) is 8.63. The zero-order valence-electron chi connectivity index (χ0n) is 11.1. The van der Waals surface area contributed by atoms with E-state index in [0.717, 1.165) is 36.1 Å². The van der Waals surface area contributed by atoms with Gasteiger partial charge in [0.15, 0.2) is 0 Å². The molecule has 0 aromatic heterocycles. The average Bonchev–Trinajstić information content (AvgIpc) is 2.30. The molecule has 1 rings (SSSR count). The highest BCUT2D eigenvalue weighted by molar-refractivity contribution is 9.10. The van der Waals surface area contributed by atoms with Crippen molar-refractivity contribution in [2.75, 3.05) is 20.3 Å². The van der Waals surface area contributed by atoms with Crippen molar-refractivity contribution >= 4 is 15.9 Å². The number of benzene rings is 1. The number of hydrogen-bond acceptors (Lipinski definition) is 3. The largest absolute Gasteiger partial charge is 0.492 e. The number of ether oxygens (including phenoxy) is 2. The van der Waals surface area contributed by atoms with E-state index >= 15 is 0 Å². The molecule has 1 aromatic carbocycles. The van der Waals surface area contributed by atoms with Gasteiger partial charge in [0.05, 0.1) is 11.1 Å². The summed E-state index contributed by atoms with van der Waals surface area (Å²) in [6.07, 6.45) is 2.91. The number of rotatable bonds is 8. The Morgan fingerprint density at radius 2 is 2.00 bits per heavy atom. The summed E-state index contributed by atoms with van der Waals surface area (Å²) in [6.45, 7) is 3.51. The number of hydrogen-bond donors (Lipinski definition) is 1. The number of methoxy groups -OCH3 is 1. The highest BCUT2D eigenvalue weighted by atomic mass is 79.9. The number of unbranched alkanes of at least 4 members (excludes halogenated alkanes) is 1. The van der Waals surface area contributed by atoms with Crippen LogP contribution >= 0.6 is 15.9 Å². The van der Waals surface area contributed by atoms with E-state index in [0.29, 0.717) is 6.61 Å². The van der Waals surface area contributed by atoms with Gasteiger partial charge in [0, 0.05) is 19.8 Å². The van der Waals surface area contributed by atoms with Gasteiger partial charge in [0.1, 0.15) is 5.75 Å². The molecule has 0 bridgehead atoms. The van der Waals surface area contributed by atoms with Crippen LogP contribution in [-0.2, 0) is 11.2 Å². The van der Waals surface area contributed by atoms with Gasteiger partial charge in [-0.2, -0.15) is 0 Å². The molecule has 0 saturated carbocycles. The molecule has 4 heteroatoms. The minimum absolute atomic E-state index is 0.178. The lowest BCUT2D eigenvalue weighted by atomic mass is 10.1.